The number of aromatic nitrogens is 4. The van der Waals surface area contributed by atoms with Crippen LogP contribution in [0.1, 0.15) is 19.8 Å². The third-order valence-corrected chi connectivity index (χ3v) is 6.04. The van der Waals surface area contributed by atoms with Gasteiger partial charge in [-0.1, -0.05) is 54.4 Å². The number of hydrogen-bond acceptors (Lipinski definition) is 4. The summed E-state index contributed by atoms with van der Waals surface area (Å²) in [6.45, 7) is 4.32. The highest BCUT2D eigenvalue weighted by atomic mass is 35.5. The van der Waals surface area contributed by atoms with Gasteiger partial charge in [0.15, 0.2) is 5.65 Å². The molecule has 2 aromatic carbocycles. The summed E-state index contributed by atoms with van der Waals surface area (Å²) in [5, 5.41) is 6.05. The SMILES string of the molecule is CCCn1nc2c(-c3ccc(Cl)cc3)c(-c3ccc(Cl)cc3)nc(N3CCC3)n2c1=O. The smallest absolute Gasteiger partial charge is 0.342 e. The minimum absolute atomic E-state index is 0.163. The Hall–Kier alpha value is -2.83. The Morgan fingerprint density at radius 1 is 0.935 bits per heavy atom. The molecule has 3 heterocycles. The number of benzene rings is 2. The maximum atomic E-state index is 13.3. The summed E-state index contributed by atoms with van der Waals surface area (Å²) in [6.07, 6.45) is 1.90. The Balaban J connectivity index is 1.88. The number of halogens is 2. The Kier molecular flexibility index (Phi) is 5.20. The fourth-order valence-electron chi connectivity index (χ4n) is 3.85. The molecule has 1 aliphatic rings. The molecule has 0 N–H and O–H groups in total. The van der Waals surface area contributed by atoms with Crippen LogP contribution in [-0.4, -0.2) is 32.3 Å². The molecule has 31 heavy (non-hydrogen) atoms. The van der Waals surface area contributed by atoms with Gasteiger partial charge < -0.3 is 4.90 Å². The third-order valence-electron chi connectivity index (χ3n) is 5.54. The van der Waals surface area contributed by atoms with Crippen LogP contribution in [0, 0.1) is 0 Å². The number of aryl methyl sites for hydroxylation is 1. The van der Waals surface area contributed by atoms with E-state index in [9.17, 15) is 4.79 Å². The fraction of sp³-hybridized carbons (Fsp3) is 0.261. The van der Waals surface area contributed by atoms with Crippen LogP contribution >= 0.6 is 23.2 Å². The van der Waals surface area contributed by atoms with Gasteiger partial charge in [-0.25, -0.2) is 18.9 Å². The van der Waals surface area contributed by atoms with E-state index < -0.39 is 0 Å². The van der Waals surface area contributed by atoms with E-state index in [0.29, 0.717) is 28.2 Å². The van der Waals surface area contributed by atoms with Crippen LogP contribution in [0.25, 0.3) is 28.0 Å². The van der Waals surface area contributed by atoms with E-state index in [4.69, 9.17) is 33.3 Å². The lowest BCUT2D eigenvalue weighted by atomic mass is 10.00. The summed E-state index contributed by atoms with van der Waals surface area (Å²) in [5.41, 5.74) is 3.82. The minimum atomic E-state index is -0.163. The first kappa shape index (κ1) is 20.1. The van der Waals surface area contributed by atoms with Gasteiger partial charge >= 0.3 is 5.69 Å². The molecule has 0 radical (unpaired) electrons. The van der Waals surface area contributed by atoms with Crippen LogP contribution in [0.2, 0.25) is 10.0 Å². The molecule has 0 bridgehead atoms. The van der Waals surface area contributed by atoms with Crippen LogP contribution in [0.5, 0.6) is 0 Å². The van der Waals surface area contributed by atoms with Crippen LogP contribution in [0.4, 0.5) is 5.95 Å². The van der Waals surface area contributed by atoms with Gasteiger partial charge in [-0.2, -0.15) is 0 Å². The van der Waals surface area contributed by atoms with Gasteiger partial charge in [-0.15, -0.1) is 5.10 Å². The molecule has 4 aromatic rings. The van der Waals surface area contributed by atoms with E-state index in [1.54, 1.807) is 4.40 Å². The maximum Gasteiger partial charge on any atom is 0.353 e. The van der Waals surface area contributed by atoms with Crippen molar-refractivity contribution in [1.29, 1.82) is 0 Å². The van der Waals surface area contributed by atoms with E-state index in [1.165, 1.54) is 4.68 Å². The van der Waals surface area contributed by atoms with E-state index in [1.807, 2.05) is 55.5 Å². The molecule has 1 fully saturated rings. The van der Waals surface area contributed by atoms with Gasteiger partial charge in [-0.05, 0) is 42.7 Å². The summed E-state index contributed by atoms with van der Waals surface area (Å²) < 4.78 is 3.18. The van der Waals surface area contributed by atoms with Gasteiger partial charge in [-0.3, -0.25) is 0 Å². The molecule has 0 aliphatic carbocycles. The molecule has 1 aliphatic heterocycles. The van der Waals surface area contributed by atoms with Crippen molar-refractivity contribution < 1.29 is 0 Å². The maximum absolute atomic E-state index is 13.3. The molecular formula is C23H21Cl2N5O. The molecule has 1 saturated heterocycles. The van der Waals surface area contributed by atoms with Crippen molar-refractivity contribution in [3.8, 4) is 22.4 Å². The quantitative estimate of drug-likeness (QED) is 0.419. The first-order valence-corrected chi connectivity index (χ1v) is 11.1. The normalized spacial score (nSPS) is 13.6. The van der Waals surface area contributed by atoms with E-state index in [0.717, 1.165) is 48.3 Å². The molecule has 5 rings (SSSR count). The minimum Gasteiger partial charge on any atom is -0.342 e. The molecular weight excluding hydrogens is 433 g/mol. The molecule has 8 heteroatoms. The monoisotopic (exact) mass is 453 g/mol. The van der Waals surface area contributed by atoms with Crippen LogP contribution in [-0.2, 0) is 6.54 Å². The first-order chi connectivity index (χ1) is 15.1. The number of nitrogens with zero attached hydrogens (tertiary/aromatic N) is 5. The Labute approximate surface area is 189 Å². The summed E-state index contributed by atoms with van der Waals surface area (Å²) >= 11 is 12.3. The first-order valence-electron chi connectivity index (χ1n) is 10.4. The van der Waals surface area contributed by atoms with E-state index >= 15 is 0 Å². The van der Waals surface area contributed by atoms with Gasteiger partial charge in [0.25, 0.3) is 0 Å². The van der Waals surface area contributed by atoms with Crippen molar-refractivity contribution in [2.45, 2.75) is 26.3 Å². The standard InChI is InChI=1S/C23H21Cl2N5O/c1-2-12-29-23(31)30-21(27-29)19(15-4-8-17(24)9-5-15)20(16-6-10-18(25)11-7-16)26-22(30)28-13-3-14-28/h4-11H,2-3,12-14H2,1H3. The second-order valence-electron chi connectivity index (χ2n) is 7.65. The predicted molar refractivity (Wildman–Crippen MR) is 125 cm³/mol. The van der Waals surface area contributed by atoms with Crippen LogP contribution in [0.15, 0.2) is 53.3 Å². The Morgan fingerprint density at radius 2 is 1.55 bits per heavy atom. The average molecular weight is 454 g/mol. The van der Waals surface area contributed by atoms with Crippen molar-refractivity contribution in [3.63, 3.8) is 0 Å². The summed E-state index contributed by atoms with van der Waals surface area (Å²) in [4.78, 5) is 20.4. The third kappa shape index (κ3) is 3.50. The Morgan fingerprint density at radius 3 is 2.10 bits per heavy atom. The molecule has 0 saturated carbocycles. The van der Waals surface area contributed by atoms with Gasteiger partial charge in [0, 0.05) is 35.2 Å². The molecule has 0 spiro atoms. The summed E-state index contributed by atoms with van der Waals surface area (Å²) in [7, 11) is 0. The lowest BCUT2D eigenvalue weighted by Crippen LogP contribution is -2.40. The lowest BCUT2D eigenvalue weighted by Gasteiger charge is -2.32. The highest BCUT2D eigenvalue weighted by Crippen LogP contribution is 2.37. The highest BCUT2D eigenvalue weighted by Gasteiger charge is 2.27. The highest BCUT2D eigenvalue weighted by molar-refractivity contribution is 6.31. The molecule has 0 atom stereocenters. The van der Waals surface area contributed by atoms with Crippen molar-refractivity contribution in [1.82, 2.24) is 19.2 Å². The number of fused-ring (bicyclic) bond motifs is 1. The average Bonchev–Trinajstić information content (AvgIpc) is 3.05. The lowest BCUT2D eigenvalue weighted by molar-refractivity contribution is 0.572. The summed E-state index contributed by atoms with van der Waals surface area (Å²) in [6, 6.07) is 15.1. The van der Waals surface area contributed by atoms with Crippen molar-refractivity contribution >= 4 is 34.8 Å². The van der Waals surface area contributed by atoms with E-state index in [-0.39, 0.29) is 5.69 Å². The van der Waals surface area contributed by atoms with Crippen molar-refractivity contribution in [2.75, 3.05) is 18.0 Å². The van der Waals surface area contributed by atoms with Gasteiger partial charge in [0.2, 0.25) is 5.95 Å². The molecule has 0 unspecified atom stereocenters. The summed E-state index contributed by atoms with van der Waals surface area (Å²) in [5.74, 6) is 0.635. The number of hydrogen-bond donors (Lipinski definition) is 0. The molecule has 2 aromatic heterocycles. The van der Waals surface area contributed by atoms with E-state index in [2.05, 4.69) is 4.90 Å². The molecule has 6 nitrogen and oxygen atoms in total. The zero-order valence-corrected chi connectivity index (χ0v) is 18.6. The van der Waals surface area contributed by atoms with Crippen molar-refractivity contribution in [3.05, 3.63) is 69.1 Å². The number of rotatable bonds is 5. The molecule has 0 amide bonds. The second kappa shape index (κ2) is 8.02. The van der Waals surface area contributed by atoms with Crippen LogP contribution in [0.3, 0.4) is 0 Å². The molecule has 158 valence electrons. The zero-order chi connectivity index (χ0) is 21.5. The fourth-order valence-corrected chi connectivity index (χ4v) is 4.10. The Bertz CT molecular complexity index is 1310. The zero-order valence-electron chi connectivity index (χ0n) is 17.1. The topological polar surface area (TPSA) is 55.4 Å². The van der Waals surface area contributed by atoms with Gasteiger partial charge in [0.1, 0.15) is 0 Å². The van der Waals surface area contributed by atoms with Gasteiger partial charge in [0.05, 0.1) is 11.3 Å². The largest absolute Gasteiger partial charge is 0.353 e. The number of anilines is 1. The second-order valence-corrected chi connectivity index (χ2v) is 8.53. The van der Waals surface area contributed by atoms with Crippen LogP contribution < -0.4 is 10.6 Å². The predicted octanol–water partition coefficient (Wildman–Crippen LogP) is 5.15. The van der Waals surface area contributed by atoms with Crippen molar-refractivity contribution in [2.24, 2.45) is 0 Å².